The lowest BCUT2D eigenvalue weighted by Crippen LogP contribution is -2.15. The predicted molar refractivity (Wildman–Crippen MR) is 99.6 cm³/mol. The number of anilines is 1. The number of benzene rings is 2. The molecule has 1 heterocycles. The largest absolute Gasteiger partial charge is 0.508 e. The average Bonchev–Trinajstić information content (AvgIpc) is 2.60. The minimum absolute atomic E-state index is 0.00268. The van der Waals surface area contributed by atoms with Crippen molar-refractivity contribution in [1.82, 2.24) is 9.97 Å². The molecule has 3 rings (SSSR count). The smallest absolute Gasteiger partial charge is 0.259 e. The summed E-state index contributed by atoms with van der Waals surface area (Å²) < 4.78 is 5.54. The highest BCUT2D eigenvalue weighted by Crippen LogP contribution is 2.33. The highest BCUT2D eigenvalue weighted by Gasteiger charge is 2.18. The Morgan fingerprint density at radius 2 is 1.65 bits per heavy atom. The molecule has 0 atom stereocenters. The molecule has 3 aromatic rings. The summed E-state index contributed by atoms with van der Waals surface area (Å²) in [5.74, 6) is -0.00773. The molecule has 0 bridgehead atoms. The van der Waals surface area contributed by atoms with E-state index in [9.17, 15) is 9.90 Å². The van der Waals surface area contributed by atoms with Crippen molar-refractivity contribution in [3.8, 4) is 17.4 Å². The number of carbonyl (C=O) groups is 1. The van der Waals surface area contributed by atoms with Gasteiger partial charge in [-0.05, 0) is 36.4 Å². The molecule has 0 saturated heterocycles. The maximum absolute atomic E-state index is 12.4. The number of ether oxygens (including phenoxy) is 1. The second-order valence-corrected chi connectivity index (χ2v) is 6.18. The van der Waals surface area contributed by atoms with Gasteiger partial charge in [-0.2, -0.15) is 4.98 Å². The van der Waals surface area contributed by atoms with E-state index in [0.717, 1.165) is 0 Å². The zero-order valence-corrected chi connectivity index (χ0v) is 15.2. The van der Waals surface area contributed by atoms with Crippen LogP contribution in [-0.2, 0) is 0 Å². The lowest BCUT2D eigenvalue weighted by molar-refractivity contribution is 0.102. The van der Waals surface area contributed by atoms with Gasteiger partial charge < -0.3 is 15.2 Å². The fourth-order valence-electron chi connectivity index (χ4n) is 2.02. The van der Waals surface area contributed by atoms with Crippen LogP contribution >= 0.6 is 34.8 Å². The van der Waals surface area contributed by atoms with E-state index in [0.29, 0.717) is 5.75 Å². The first-order valence-electron chi connectivity index (χ1n) is 7.18. The Labute approximate surface area is 163 Å². The SMILES string of the molecule is O=C(Nc1ncnc(Oc2ccc(O)cc2)c1Cl)c1c(Cl)cccc1Cl. The lowest BCUT2D eigenvalue weighted by Gasteiger charge is -2.11. The molecule has 1 amide bonds. The van der Waals surface area contributed by atoms with Crippen molar-refractivity contribution in [3.63, 3.8) is 0 Å². The van der Waals surface area contributed by atoms with Crippen LogP contribution in [0.2, 0.25) is 15.1 Å². The third-order valence-electron chi connectivity index (χ3n) is 3.23. The van der Waals surface area contributed by atoms with Crippen molar-refractivity contribution in [1.29, 1.82) is 0 Å². The number of carbonyl (C=O) groups excluding carboxylic acids is 1. The number of aromatic nitrogens is 2. The Hall–Kier alpha value is -2.54. The molecular weight excluding hydrogens is 401 g/mol. The summed E-state index contributed by atoms with van der Waals surface area (Å²) in [5, 5.41) is 12.2. The molecule has 6 nitrogen and oxygen atoms in total. The van der Waals surface area contributed by atoms with E-state index in [1.54, 1.807) is 18.2 Å². The molecule has 0 aliphatic rings. The van der Waals surface area contributed by atoms with Crippen molar-refractivity contribution < 1.29 is 14.6 Å². The van der Waals surface area contributed by atoms with E-state index >= 15 is 0 Å². The van der Waals surface area contributed by atoms with E-state index in [2.05, 4.69) is 15.3 Å². The fraction of sp³-hybridized carbons (Fsp3) is 0. The molecule has 0 unspecified atom stereocenters. The number of rotatable bonds is 4. The van der Waals surface area contributed by atoms with Gasteiger partial charge in [0.1, 0.15) is 22.8 Å². The molecule has 9 heteroatoms. The Morgan fingerprint density at radius 1 is 1.00 bits per heavy atom. The normalized spacial score (nSPS) is 10.4. The molecule has 0 aliphatic carbocycles. The van der Waals surface area contributed by atoms with Gasteiger partial charge in [0.2, 0.25) is 5.88 Å². The number of nitrogens with zero attached hydrogens (tertiary/aromatic N) is 2. The quantitative estimate of drug-likeness (QED) is 0.618. The number of halogens is 3. The third kappa shape index (κ3) is 3.99. The van der Waals surface area contributed by atoms with Crippen molar-refractivity contribution >= 4 is 46.5 Å². The van der Waals surface area contributed by atoms with Crippen molar-refractivity contribution in [2.75, 3.05) is 5.32 Å². The van der Waals surface area contributed by atoms with E-state index in [4.69, 9.17) is 39.5 Å². The summed E-state index contributed by atoms with van der Waals surface area (Å²) >= 11 is 18.3. The van der Waals surface area contributed by atoms with Crippen LogP contribution in [0.3, 0.4) is 0 Å². The summed E-state index contributed by atoms with van der Waals surface area (Å²) in [6, 6.07) is 10.7. The number of nitrogens with one attached hydrogen (secondary N) is 1. The summed E-state index contributed by atoms with van der Waals surface area (Å²) in [4.78, 5) is 20.3. The molecule has 132 valence electrons. The summed E-state index contributed by atoms with van der Waals surface area (Å²) in [6.07, 6.45) is 1.19. The zero-order valence-electron chi connectivity index (χ0n) is 12.9. The van der Waals surface area contributed by atoms with Gasteiger partial charge in [-0.1, -0.05) is 40.9 Å². The number of phenols is 1. The molecule has 0 spiro atoms. The molecule has 0 fully saturated rings. The molecular formula is C17H10Cl3N3O3. The zero-order chi connectivity index (χ0) is 18.7. The molecule has 0 aliphatic heterocycles. The third-order valence-corrected chi connectivity index (χ3v) is 4.20. The molecule has 1 aromatic heterocycles. The Balaban J connectivity index is 1.85. The lowest BCUT2D eigenvalue weighted by atomic mass is 10.2. The predicted octanol–water partition coefficient (Wildman–Crippen LogP) is 5.19. The van der Waals surface area contributed by atoms with Crippen LogP contribution in [0.15, 0.2) is 48.8 Å². The minimum Gasteiger partial charge on any atom is -0.508 e. The van der Waals surface area contributed by atoms with E-state index in [-0.39, 0.29) is 38.1 Å². The first kappa shape index (κ1) is 18.3. The van der Waals surface area contributed by atoms with Crippen molar-refractivity contribution in [2.24, 2.45) is 0 Å². The number of phenolic OH excluding ortho intramolecular Hbond substituents is 1. The maximum atomic E-state index is 12.4. The Kier molecular flexibility index (Phi) is 5.46. The van der Waals surface area contributed by atoms with Crippen LogP contribution in [-0.4, -0.2) is 21.0 Å². The standard InChI is InChI=1S/C17H10Cl3N3O3/c18-11-2-1-3-12(19)13(11)16(25)23-15-14(20)17(22-8-21-15)26-10-6-4-9(24)5-7-10/h1-8,24H,(H,21,22,23,25). The Bertz CT molecular complexity index is 945. The number of hydrogen-bond acceptors (Lipinski definition) is 5. The highest BCUT2D eigenvalue weighted by molar-refractivity contribution is 6.40. The van der Waals surface area contributed by atoms with Gasteiger partial charge in [0.25, 0.3) is 5.91 Å². The van der Waals surface area contributed by atoms with E-state index in [1.807, 2.05) is 0 Å². The van der Waals surface area contributed by atoms with Crippen LogP contribution in [0.1, 0.15) is 10.4 Å². The molecule has 2 N–H and O–H groups in total. The van der Waals surface area contributed by atoms with E-state index < -0.39 is 5.91 Å². The molecule has 0 radical (unpaired) electrons. The van der Waals surface area contributed by atoms with Crippen LogP contribution < -0.4 is 10.1 Å². The van der Waals surface area contributed by atoms with Gasteiger partial charge in [-0.15, -0.1) is 0 Å². The second kappa shape index (κ2) is 7.78. The maximum Gasteiger partial charge on any atom is 0.259 e. The van der Waals surface area contributed by atoms with E-state index in [1.165, 1.54) is 30.6 Å². The molecule has 2 aromatic carbocycles. The summed E-state index contributed by atoms with van der Waals surface area (Å²) in [7, 11) is 0. The molecule has 0 saturated carbocycles. The first-order valence-corrected chi connectivity index (χ1v) is 8.32. The van der Waals surface area contributed by atoms with Crippen molar-refractivity contribution in [3.05, 3.63) is 69.4 Å². The first-order chi connectivity index (χ1) is 12.5. The van der Waals surface area contributed by atoms with Gasteiger partial charge in [0, 0.05) is 0 Å². The van der Waals surface area contributed by atoms with Gasteiger partial charge in [-0.3, -0.25) is 4.79 Å². The van der Waals surface area contributed by atoms with Crippen molar-refractivity contribution in [2.45, 2.75) is 0 Å². The van der Waals surface area contributed by atoms with Crippen LogP contribution in [0.25, 0.3) is 0 Å². The Morgan fingerprint density at radius 3 is 2.31 bits per heavy atom. The monoisotopic (exact) mass is 409 g/mol. The van der Waals surface area contributed by atoms with Gasteiger partial charge in [0.05, 0.1) is 15.6 Å². The summed E-state index contributed by atoms with van der Waals surface area (Å²) in [6.45, 7) is 0. The van der Waals surface area contributed by atoms with Crippen LogP contribution in [0.4, 0.5) is 5.82 Å². The van der Waals surface area contributed by atoms with Crippen LogP contribution in [0.5, 0.6) is 17.4 Å². The van der Waals surface area contributed by atoms with Crippen LogP contribution in [0, 0.1) is 0 Å². The molecule has 26 heavy (non-hydrogen) atoms. The second-order valence-electron chi connectivity index (χ2n) is 4.99. The number of hydrogen-bond donors (Lipinski definition) is 2. The van der Waals surface area contributed by atoms with Gasteiger partial charge in [0.15, 0.2) is 5.82 Å². The number of aromatic hydroxyl groups is 1. The highest BCUT2D eigenvalue weighted by atomic mass is 35.5. The van der Waals surface area contributed by atoms with Gasteiger partial charge in [-0.25, -0.2) is 4.98 Å². The summed E-state index contributed by atoms with van der Waals surface area (Å²) in [5.41, 5.74) is 0.103. The average molecular weight is 411 g/mol. The fourth-order valence-corrected chi connectivity index (χ4v) is 2.78. The topological polar surface area (TPSA) is 84.3 Å². The number of amides is 1. The van der Waals surface area contributed by atoms with Gasteiger partial charge >= 0.3 is 0 Å². The minimum atomic E-state index is -0.572.